The third kappa shape index (κ3) is 1.14. The van der Waals surface area contributed by atoms with Crippen molar-refractivity contribution in [2.75, 3.05) is 0 Å². The van der Waals surface area contributed by atoms with Gasteiger partial charge in [0.15, 0.2) is 0 Å². The Bertz CT molecular complexity index is 286. The van der Waals surface area contributed by atoms with E-state index in [0.717, 1.165) is 5.69 Å². The first kappa shape index (κ1) is 7.80. The molecular formula is C9H15N3. The van der Waals surface area contributed by atoms with E-state index in [1.54, 1.807) is 4.68 Å². The normalized spacial score (nSPS) is 22.2. The molecule has 0 radical (unpaired) electrons. The quantitative estimate of drug-likeness (QED) is 0.716. The molecule has 1 fully saturated rings. The van der Waals surface area contributed by atoms with Crippen molar-refractivity contribution in [3.8, 4) is 0 Å². The molecule has 3 nitrogen and oxygen atoms in total. The summed E-state index contributed by atoms with van der Waals surface area (Å²) in [5, 5.41) is 4.31. The lowest BCUT2D eigenvalue weighted by atomic mass is 9.97. The van der Waals surface area contributed by atoms with Crippen LogP contribution in [0.2, 0.25) is 0 Å². The van der Waals surface area contributed by atoms with Crippen LogP contribution in [-0.2, 0) is 7.05 Å². The van der Waals surface area contributed by atoms with Gasteiger partial charge in [0.2, 0.25) is 0 Å². The van der Waals surface area contributed by atoms with Gasteiger partial charge < -0.3 is 5.73 Å². The van der Waals surface area contributed by atoms with Crippen molar-refractivity contribution < 1.29 is 0 Å². The van der Waals surface area contributed by atoms with Crippen LogP contribution in [0.25, 0.3) is 0 Å². The molecule has 2 rings (SSSR count). The molecule has 0 saturated heterocycles. The van der Waals surface area contributed by atoms with E-state index in [9.17, 15) is 0 Å². The highest BCUT2D eigenvalue weighted by Crippen LogP contribution is 2.52. The summed E-state index contributed by atoms with van der Waals surface area (Å²) in [6, 6.07) is 2.13. The van der Waals surface area contributed by atoms with Gasteiger partial charge in [0.25, 0.3) is 0 Å². The lowest BCUT2D eigenvalue weighted by Crippen LogP contribution is -2.20. The van der Waals surface area contributed by atoms with Crippen LogP contribution in [0, 0.1) is 5.41 Å². The van der Waals surface area contributed by atoms with Gasteiger partial charge in [-0.1, -0.05) is 6.92 Å². The molecule has 66 valence electrons. The number of rotatable bonds is 2. The van der Waals surface area contributed by atoms with E-state index >= 15 is 0 Å². The van der Waals surface area contributed by atoms with Crippen LogP contribution in [0.4, 0.5) is 0 Å². The second-order valence-corrected chi connectivity index (χ2v) is 4.05. The van der Waals surface area contributed by atoms with Crippen molar-refractivity contribution in [1.82, 2.24) is 9.78 Å². The summed E-state index contributed by atoms with van der Waals surface area (Å²) in [4.78, 5) is 0. The minimum Gasteiger partial charge on any atom is -0.322 e. The molecule has 3 heteroatoms. The highest BCUT2D eigenvalue weighted by molar-refractivity contribution is 5.13. The summed E-state index contributed by atoms with van der Waals surface area (Å²) in [5.41, 5.74) is 7.43. The number of hydrogen-bond acceptors (Lipinski definition) is 2. The lowest BCUT2D eigenvalue weighted by Gasteiger charge is -2.15. The van der Waals surface area contributed by atoms with E-state index in [0.29, 0.717) is 5.41 Å². The fourth-order valence-electron chi connectivity index (χ4n) is 1.46. The number of hydrogen-bond donors (Lipinski definition) is 1. The molecular weight excluding hydrogens is 150 g/mol. The van der Waals surface area contributed by atoms with Gasteiger partial charge in [-0.05, 0) is 24.3 Å². The topological polar surface area (TPSA) is 43.8 Å². The summed E-state index contributed by atoms with van der Waals surface area (Å²) >= 11 is 0. The minimum absolute atomic E-state index is 0.124. The third-order valence-electron chi connectivity index (χ3n) is 2.84. The molecule has 1 atom stereocenters. The predicted octanol–water partition coefficient (Wildman–Crippen LogP) is 1.22. The SMILES string of the molecule is Cn1ccc(C(N)C2(C)CC2)n1. The Kier molecular flexibility index (Phi) is 1.51. The minimum atomic E-state index is 0.124. The van der Waals surface area contributed by atoms with Crippen molar-refractivity contribution >= 4 is 0 Å². The van der Waals surface area contributed by atoms with Crippen LogP contribution < -0.4 is 5.73 Å². The van der Waals surface area contributed by atoms with Crippen LogP contribution in [0.3, 0.4) is 0 Å². The summed E-state index contributed by atoms with van der Waals surface area (Å²) in [7, 11) is 1.92. The molecule has 1 aromatic rings. The molecule has 1 heterocycles. The van der Waals surface area contributed by atoms with E-state index in [2.05, 4.69) is 12.0 Å². The van der Waals surface area contributed by atoms with E-state index in [4.69, 9.17) is 5.73 Å². The second-order valence-electron chi connectivity index (χ2n) is 4.05. The van der Waals surface area contributed by atoms with Crippen LogP contribution in [0.15, 0.2) is 12.3 Å². The van der Waals surface area contributed by atoms with Crippen LogP contribution in [0.1, 0.15) is 31.5 Å². The van der Waals surface area contributed by atoms with Crippen molar-refractivity contribution in [1.29, 1.82) is 0 Å². The number of aryl methyl sites for hydroxylation is 1. The molecule has 1 aliphatic rings. The van der Waals surface area contributed by atoms with Crippen molar-refractivity contribution in [3.63, 3.8) is 0 Å². The summed E-state index contributed by atoms with van der Waals surface area (Å²) in [5.74, 6) is 0. The molecule has 1 aromatic heterocycles. The van der Waals surface area contributed by atoms with Gasteiger partial charge in [0.05, 0.1) is 11.7 Å². The molecule has 0 amide bonds. The maximum atomic E-state index is 6.07. The Labute approximate surface area is 72.6 Å². The number of nitrogens with zero attached hydrogens (tertiary/aromatic N) is 2. The van der Waals surface area contributed by atoms with Gasteiger partial charge >= 0.3 is 0 Å². The fraction of sp³-hybridized carbons (Fsp3) is 0.667. The predicted molar refractivity (Wildman–Crippen MR) is 47.5 cm³/mol. The van der Waals surface area contributed by atoms with Crippen LogP contribution >= 0.6 is 0 Å². The van der Waals surface area contributed by atoms with E-state index < -0.39 is 0 Å². The first-order valence-corrected chi connectivity index (χ1v) is 4.37. The van der Waals surface area contributed by atoms with Gasteiger partial charge in [-0.25, -0.2) is 0 Å². The molecule has 1 aliphatic carbocycles. The molecule has 0 aromatic carbocycles. The molecule has 0 bridgehead atoms. The Hall–Kier alpha value is -0.830. The van der Waals surface area contributed by atoms with E-state index in [-0.39, 0.29) is 6.04 Å². The maximum Gasteiger partial charge on any atom is 0.0797 e. The standard InChI is InChI=1S/C9H15N3/c1-9(4-5-9)8(10)7-3-6-12(2)11-7/h3,6,8H,4-5,10H2,1-2H3. The lowest BCUT2D eigenvalue weighted by molar-refractivity contribution is 0.438. The highest BCUT2D eigenvalue weighted by Gasteiger charge is 2.44. The number of nitrogens with two attached hydrogens (primary N) is 1. The average Bonchev–Trinajstić information content (AvgIpc) is 2.62. The van der Waals surface area contributed by atoms with E-state index in [1.165, 1.54) is 12.8 Å². The van der Waals surface area contributed by atoms with Crippen molar-refractivity contribution in [2.24, 2.45) is 18.2 Å². The van der Waals surface area contributed by atoms with Gasteiger partial charge in [-0.2, -0.15) is 5.10 Å². The molecule has 1 unspecified atom stereocenters. The zero-order chi connectivity index (χ0) is 8.77. The Morgan fingerprint density at radius 1 is 1.67 bits per heavy atom. The second kappa shape index (κ2) is 2.33. The first-order chi connectivity index (χ1) is 5.62. The van der Waals surface area contributed by atoms with Crippen molar-refractivity contribution in [2.45, 2.75) is 25.8 Å². The largest absolute Gasteiger partial charge is 0.322 e. The van der Waals surface area contributed by atoms with E-state index in [1.807, 2.05) is 19.3 Å². The van der Waals surface area contributed by atoms with Crippen LogP contribution in [-0.4, -0.2) is 9.78 Å². The smallest absolute Gasteiger partial charge is 0.0797 e. The Morgan fingerprint density at radius 2 is 2.33 bits per heavy atom. The first-order valence-electron chi connectivity index (χ1n) is 4.37. The monoisotopic (exact) mass is 165 g/mol. The summed E-state index contributed by atoms with van der Waals surface area (Å²) < 4.78 is 1.81. The van der Waals surface area contributed by atoms with Gasteiger partial charge in [0.1, 0.15) is 0 Å². The average molecular weight is 165 g/mol. The molecule has 1 saturated carbocycles. The summed E-state index contributed by atoms with van der Waals surface area (Å²) in [6.45, 7) is 2.23. The maximum absolute atomic E-state index is 6.07. The Balaban J connectivity index is 2.19. The molecule has 0 aliphatic heterocycles. The van der Waals surface area contributed by atoms with Gasteiger partial charge in [-0.15, -0.1) is 0 Å². The van der Waals surface area contributed by atoms with Crippen LogP contribution in [0.5, 0.6) is 0 Å². The summed E-state index contributed by atoms with van der Waals surface area (Å²) in [6.07, 6.45) is 4.43. The fourth-order valence-corrected chi connectivity index (χ4v) is 1.46. The molecule has 0 spiro atoms. The highest BCUT2D eigenvalue weighted by atomic mass is 15.3. The number of aromatic nitrogens is 2. The Morgan fingerprint density at radius 3 is 2.75 bits per heavy atom. The van der Waals surface area contributed by atoms with Crippen molar-refractivity contribution in [3.05, 3.63) is 18.0 Å². The third-order valence-corrected chi connectivity index (χ3v) is 2.84. The molecule has 12 heavy (non-hydrogen) atoms. The van der Waals surface area contributed by atoms with Gasteiger partial charge in [0, 0.05) is 13.2 Å². The molecule has 2 N–H and O–H groups in total. The zero-order valence-corrected chi connectivity index (χ0v) is 7.62. The van der Waals surface area contributed by atoms with Gasteiger partial charge in [-0.3, -0.25) is 4.68 Å². The zero-order valence-electron chi connectivity index (χ0n) is 7.62.